The van der Waals surface area contributed by atoms with Crippen LogP contribution in [0.2, 0.25) is 0 Å². The number of rotatable bonds is 4. The Morgan fingerprint density at radius 3 is 2.30 bits per heavy atom. The molecule has 0 aromatic heterocycles. The molecule has 0 amide bonds. The van der Waals surface area contributed by atoms with Gasteiger partial charge in [-0.15, -0.1) is 0 Å². The molecule has 1 fully saturated rings. The first kappa shape index (κ1) is 15.2. The molecule has 2 heteroatoms. The summed E-state index contributed by atoms with van der Waals surface area (Å²) in [6.45, 7) is 7.12. The lowest BCUT2D eigenvalue weighted by molar-refractivity contribution is 0.212. The standard InChI is InChI=1S/C18H30N2/c1-13(2)17-11-6-14(3)12-18(17)19-15-7-9-16(10-8-15)20(4)5/h7-10,13-14,17-19H,6,11-12H2,1-5H3. The molecule has 3 unspecified atom stereocenters. The largest absolute Gasteiger partial charge is 0.382 e. The van der Waals surface area contributed by atoms with Crippen LogP contribution in [0.3, 0.4) is 0 Å². The molecule has 112 valence electrons. The number of nitrogens with one attached hydrogen (secondary N) is 1. The second kappa shape index (κ2) is 6.51. The summed E-state index contributed by atoms with van der Waals surface area (Å²) in [5.74, 6) is 2.42. The molecule has 1 aliphatic carbocycles. The smallest absolute Gasteiger partial charge is 0.0362 e. The summed E-state index contributed by atoms with van der Waals surface area (Å²) in [4.78, 5) is 2.14. The van der Waals surface area contributed by atoms with E-state index in [2.05, 4.69) is 69.3 Å². The fourth-order valence-electron chi connectivity index (χ4n) is 3.44. The average Bonchev–Trinajstić information content (AvgIpc) is 2.39. The van der Waals surface area contributed by atoms with Crippen LogP contribution in [0.25, 0.3) is 0 Å². The highest BCUT2D eigenvalue weighted by Gasteiger charge is 2.30. The van der Waals surface area contributed by atoms with Crippen molar-refractivity contribution in [2.75, 3.05) is 24.3 Å². The van der Waals surface area contributed by atoms with E-state index in [9.17, 15) is 0 Å². The van der Waals surface area contributed by atoms with Gasteiger partial charge in [0, 0.05) is 31.5 Å². The fraction of sp³-hybridized carbons (Fsp3) is 0.667. The van der Waals surface area contributed by atoms with Crippen molar-refractivity contribution in [3.63, 3.8) is 0 Å². The molecule has 0 bridgehead atoms. The van der Waals surface area contributed by atoms with Crippen LogP contribution in [0.15, 0.2) is 24.3 Å². The van der Waals surface area contributed by atoms with Gasteiger partial charge in [-0.1, -0.05) is 27.2 Å². The molecule has 1 saturated carbocycles. The van der Waals surface area contributed by atoms with Gasteiger partial charge in [0.1, 0.15) is 0 Å². The Morgan fingerprint density at radius 1 is 1.10 bits per heavy atom. The number of anilines is 2. The summed E-state index contributed by atoms with van der Waals surface area (Å²) >= 11 is 0. The monoisotopic (exact) mass is 274 g/mol. The minimum absolute atomic E-state index is 0.629. The van der Waals surface area contributed by atoms with Gasteiger partial charge < -0.3 is 10.2 Å². The lowest BCUT2D eigenvalue weighted by Gasteiger charge is -2.38. The van der Waals surface area contributed by atoms with Crippen molar-refractivity contribution in [1.82, 2.24) is 0 Å². The van der Waals surface area contributed by atoms with E-state index in [1.807, 2.05) is 0 Å². The molecule has 0 heterocycles. The van der Waals surface area contributed by atoms with Crippen LogP contribution in [-0.2, 0) is 0 Å². The Morgan fingerprint density at radius 2 is 1.75 bits per heavy atom. The maximum Gasteiger partial charge on any atom is 0.0362 e. The Bertz CT molecular complexity index is 408. The van der Waals surface area contributed by atoms with Crippen molar-refractivity contribution in [3.8, 4) is 0 Å². The predicted octanol–water partition coefficient (Wildman–Crippen LogP) is 4.63. The van der Waals surface area contributed by atoms with E-state index >= 15 is 0 Å². The minimum Gasteiger partial charge on any atom is -0.382 e. The third kappa shape index (κ3) is 3.68. The Labute approximate surface area is 124 Å². The van der Waals surface area contributed by atoms with Gasteiger partial charge in [-0.05, 0) is 54.9 Å². The second-order valence-electron chi connectivity index (χ2n) is 7.02. The molecule has 3 atom stereocenters. The van der Waals surface area contributed by atoms with Crippen LogP contribution < -0.4 is 10.2 Å². The fourth-order valence-corrected chi connectivity index (χ4v) is 3.44. The topological polar surface area (TPSA) is 15.3 Å². The van der Waals surface area contributed by atoms with Gasteiger partial charge in [0.2, 0.25) is 0 Å². The molecule has 0 saturated heterocycles. The van der Waals surface area contributed by atoms with E-state index in [4.69, 9.17) is 0 Å². The van der Waals surface area contributed by atoms with Crippen LogP contribution in [0.4, 0.5) is 11.4 Å². The summed E-state index contributed by atoms with van der Waals surface area (Å²) < 4.78 is 0. The van der Waals surface area contributed by atoms with Crippen molar-refractivity contribution in [3.05, 3.63) is 24.3 Å². The molecule has 0 aliphatic heterocycles. The Hall–Kier alpha value is -1.18. The highest BCUT2D eigenvalue weighted by atomic mass is 15.1. The highest BCUT2D eigenvalue weighted by Crippen LogP contribution is 2.35. The zero-order chi connectivity index (χ0) is 14.7. The van der Waals surface area contributed by atoms with E-state index in [0.29, 0.717) is 6.04 Å². The molecular weight excluding hydrogens is 244 g/mol. The summed E-state index contributed by atoms with van der Waals surface area (Å²) in [7, 11) is 4.17. The van der Waals surface area contributed by atoms with Crippen LogP contribution >= 0.6 is 0 Å². The van der Waals surface area contributed by atoms with Gasteiger partial charge in [0.05, 0.1) is 0 Å². The van der Waals surface area contributed by atoms with Crippen molar-refractivity contribution >= 4 is 11.4 Å². The normalized spacial score (nSPS) is 26.6. The zero-order valence-corrected chi connectivity index (χ0v) is 13.7. The van der Waals surface area contributed by atoms with Crippen LogP contribution in [-0.4, -0.2) is 20.1 Å². The average molecular weight is 274 g/mol. The first-order valence-electron chi connectivity index (χ1n) is 8.01. The molecule has 1 aliphatic rings. The zero-order valence-electron chi connectivity index (χ0n) is 13.7. The van der Waals surface area contributed by atoms with E-state index in [1.54, 1.807) is 0 Å². The molecule has 1 N–H and O–H groups in total. The molecule has 20 heavy (non-hydrogen) atoms. The maximum absolute atomic E-state index is 3.79. The van der Waals surface area contributed by atoms with Crippen LogP contribution in [0, 0.1) is 17.8 Å². The van der Waals surface area contributed by atoms with Crippen LogP contribution in [0.1, 0.15) is 40.0 Å². The third-order valence-corrected chi connectivity index (χ3v) is 4.76. The minimum atomic E-state index is 0.629. The van der Waals surface area contributed by atoms with Crippen LogP contribution in [0.5, 0.6) is 0 Å². The number of benzene rings is 1. The molecular formula is C18H30N2. The summed E-state index contributed by atoms with van der Waals surface area (Å²) in [6.07, 6.45) is 4.06. The molecule has 1 aromatic carbocycles. The van der Waals surface area contributed by atoms with Crippen molar-refractivity contribution in [1.29, 1.82) is 0 Å². The van der Waals surface area contributed by atoms with Crippen molar-refractivity contribution in [2.45, 2.75) is 46.1 Å². The van der Waals surface area contributed by atoms with E-state index in [-0.39, 0.29) is 0 Å². The maximum atomic E-state index is 3.79. The number of hydrogen-bond donors (Lipinski definition) is 1. The first-order chi connectivity index (χ1) is 9.47. The first-order valence-corrected chi connectivity index (χ1v) is 8.01. The Balaban J connectivity index is 2.05. The SMILES string of the molecule is CC1CCC(C(C)C)C(Nc2ccc(N(C)C)cc2)C1. The predicted molar refractivity (Wildman–Crippen MR) is 89.5 cm³/mol. The number of nitrogens with zero attached hydrogens (tertiary/aromatic N) is 1. The van der Waals surface area contributed by atoms with Gasteiger partial charge in [0.25, 0.3) is 0 Å². The van der Waals surface area contributed by atoms with E-state index in [0.717, 1.165) is 17.8 Å². The Kier molecular flexibility index (Phi) is 4.95. The lowest BCUT2D eigenvalue weighted by Crippen LogP contribution is -2.37. The van der Waals surface area contributed by atoms with Gasteiger partial charge >= 0.3 is 0 Å². The molecule has 2 nitrogen and oxygen atoms in total. The summed E-state index contributed by atoms with van der Waals surface area (Å²) in [6, 6.07) is 9.44. The third-order valence-electron chi connectivity index (χ3n) is 4.76. The van der Waals surface area contributed by atoms with Gasteiger partial charge in [-0.2, -0.15) is 0 Å². The molecule has 0 radical (unpaired) electrons. The quantitative estimate of drug-likeness (QED) is 0.861. The van der Waals surface area contributed by atoms with E-state index in [1.165, 1.54) is 30.6 Å². The highest BCUT2D eigenvalue weighted by molar-refractivity contribution is 5.54. The van der Waals surface area contributed by atoms with Gasteiger partial charge in [-0.25, -0.2) is 0 Å². The second-order valence-corrected chi connectivity index (χ2v) is 7.02. The molecule has 2 rings (SSSR count). The van der Waals surface area contributed by atoms with E-state index < -0.39 is 0 Å². The van der Waals surface area contributed by atoms with Crippen molar-refractivity contribution in [2.24, 2.45) is 17.8 Å². The van der Waals surface area contributed by atoms with Crippen molar-refractivity contribution < 1.29 is 0 Å². The van der Waals surface area contributed by atoms with Gasteiger partial charge in [-0.3, -0.25) is 0 Å². The van der Waals surface area contributed by atoms with Gasteiger partial charge in [0.15, 0.2) is 0 Å². The number of hydrogen-bond acceptors (Lipinski definition) is 2. The molecule has 0 spiro atoms. The molecule has 1 aromatic rings. The summed E-state index contributed by atoms with van der Waals surface area (Å²) in [5.41, 5.74) is 2.52. The summed E-state index contributed by atoms with van der Waals surface area (Å²) in [5, 5.41) is 3.79. The lowest BCUT2D eigenvalue weighted by atomic mass is 9.74.